The number of anilines is 1. The van der Waals surface area contributed by atoms with Gasteiger partial charge in [0.05, 0.1) is 22.6 Å². The van der Waals surface area contributed by atoms with Crippen molar-refractivity contribution in [2.75, 3.05) is 18.0 Å². The first kappa shape index (κ1) is 34.0. The largest absolute Gasteiger partial charge is 0.497 e. The van der Waals surface area contributed by atoms with E-state index in [9.17, 15) is 28.1 Å². The lowest BCUT2D eigenvalue weighted by Gasteiger charge is -2.34. The van der Waals surface area contributed by atoms with Gasteiger partial charge in [0.25, 0.3) is 15.7 Å². The van der Waals surface area contributed by atoms with E-state index in [1.54, 1.807) is 19.1 Å². The van der Waals surface area contributed by atoms with Crippen LogP contribution in [0.2, 0.25) is 0 Å². The Balaban J connectivity index is 2.14. The molecular formula is C32H40N4O7S. The van der Waals surface area contributed by atoms with E-state index in [0.717, 1.165) is 21.5 Å². The summed E-state index contributed by atoms with van der Waals surface area (Å²) >= 11 is 0. The summed E-state index contributed by atoms with van der Waals surface area (Å²) in [7, 11) is -3.03. The lowest BCUT2D eigenvalue weighted by Crippen LogP contribution is -2.55. The highest BCUT2D eigenvalue weighted by molar-refractivity contribution is 7.92. The number of hydrogen-bond acceptors (Lipinski definition) is 7. The SMILES string of the molecule is CCC(C(=O)NC(C)(C)C)N(Cc1cccc(C)c1)C(=O)CN(c1ccc(OC)cc1)S(=O)(=O)c1ccc(C)c([N+](=O)[O-])c1. The van der Waals surface area contributed by atoms with E-state index in [1.807, 2.05) is 52.0 Å². The number of nitro groups is 1. The van der Waals surface area contributed by atoms with Gasteiger partial charge in [-0.1, -0.05) is 42.8 Å². The highest BCUT2D eigenvalue weighted by Crippen LogP contribution is 2.29. The number of amides is 2. The molecule has 2 amide bonds. The van der Waals surface area contributed by atoms with Crippen LogP contribution in [0.5, 0.6) is 5.75 Å². The number of ether oxygens (including phenoxy) is 1. The second-order valence-electron chi connectivity index (χ2n) is 11.6. The summed E-state index contributed by atoms with van der Waals surface area (Å²) < 4.78 is 34.4. The maximum atomic E-state index is 14.2. The molecule has 0 aliphatic carbocycles. The third-order valence-corrected chi connectivity index (χ3v) is 8.69. The van der Waals surface area contributed by atoms with Gasteiger partial charge in [-0.25, -0.2) is 8.42 Å². The minimum absolute atomic E-state index is 0.0586. The van der Waals surface area contributed by atoms with Gasteiger partial charge in [0, 0.05) is 23.7 Å². The van der Waals surface area contributed by atoms with Gasteiger partial charge in [-0.2, -0.15) is 0 Å². The molecule has 0 fully saturated rings. The van der Waals surface area contributed by atoms with Crippen LogP contribution in [-0.4, -0.2) is 55.3 Å². The normalized spacial score (nSPS) is 12.2. The summed E-state index contributed by atoms with van der Waals surface area (Å²) in [5, 5.41) is 14.6. The highest BCUT2D eigenvalue weighted by atomic mass is 32.2. The highest BCUT2D eigenvalue weighted by Gasteiger charge is 2.35. The van der Waals surface area contributed by atoms with Crippen molar-refractivity contribution >= 4 is 33.2 Å². The Morgan fingerprint density at radius 3 is 2.23 bits per heavy atom. The molecule has 0 saturated heterocycles. The lowest BCUT2D eigenvalue weighted by atomic mass is 10.0. The first-order valence-electron chi connectivity index (χ1n) is 14.2. The summed E-state index contributed by atoms with van der Waals surface area (Å²) in [5.74, 6) is -0.521. The van der Waals surface area contributed by atoms with Gasteiger partial charge in [0.15, 0.2) is 0 Å². The number of hydrogen-bond donors (Lipinski definition) is 1. The van der Waals surface area contributed by atoms with Gasteiger partial charge >= 0.3 is 0 Å². The van der Waals surface area contributed by atoms with Crippen molar-refractivity contribution in [2.45, 2.75) is 71.0 Å². The van der Waals surface area contributed by atoms with Gasteiger partial charge in [0.2, 0.25) is 11.8 Å². The van der Waals surface area contributed by atoms with E-state index in [0.29, 0.717) is 11.3 Å². The van der Waals surface area contributed by atoms with Crippen LogP contribution in [0, 0.1) is 24.0 Å². The molecule has 11 nitrogen and oxygen atoms in total. The summed E-state index contributed by atoms with van der Waals surface area (Å²) in [6.07, 6.45) is 0.277. The monoisotopic (exact) mass is 624 g/mol. The van der Waals surface area contributed by atoms with Gasteiger partial charge in [-0.05, 0) is 76.9 Å². The first-order valence-corrected chi connectivity index (χ1v) is 15.6. The number of benzene rings is 3. The van der Waals surface area contributed by atoms with Gasteiger partial charge in [-0.15, -0.1) is 0 Å². The Bertz CT molecular complexity index is 1620. The molecule has 3 rings (SSSR count). The summed E-state index contributed by atoms with van der Waals surface area (Å²) in [6, 6.07) is 16.3. The van der Waals surface area contributed by atoms with Crippen LogP contribution in [0.25, 0.3) is 0 Å². The Hall–Kier alpha value is -4.45. The molecular weight excluding hydrogens is 584 g/mol. The minimum atomic E-state index is -4.50. The van der Waals surface area contributed by atoms with Gasteiger partial charge < -0.3 is 15.0 Å². The Kier molecular flexibility index (Phi) is 10.7. The van der Waals surface area contributed by atoms with E-state index in [4.69, 9.17) is 4.74 Å². The summed E-state index contributed by atoms with van der Waals surface area (Å²) in [4.78, 5) is 39.7. The molecule has 0 aliphatic rings. The third kappa shape index (κ3) is 8.34. The van der Waals surface area contributed by atoms with Crippen LogP contribution in [0.1, 0.15) is 50.8 Å². The zero-order valence-corrected chi connectivity index (χ0v) is 27.0. The Morgan fingerprint density at radius 1 is 1.02 bits per heavy atom. The van der Waals surface area contributed by atoms with Crippen LogP contribution >= 0.6 is 0 Å². The zero-order valence-electron chi connectivity index (χ0n) is 26.2. The van der Waals surface area contributed by atoms with E-state index in [-0.39, 0.29) is 35.1 Å². The number of sulfonamides is 1. The molecule has 236 valence electrons. The average Bonchev–Trinajstić information content (AvgIpc) is 2.94. The third-order valence-electron chi connectivity index (χ3n) is 6.92. The van der Waals surface area contributed by atoms with Gasteiger partial charge in [0.1, 0.15) is 18.3 Å². The van der Waals surface area contributed by atoms with Crippen molar-refractivity contribution in [2.24, 2.45) is 0 Å². The molecule has 1 N–H and O–H groups in total. The van der Waals surface area contributed by atoms with Crippen LogP contribution in [0.3, 0.4) is 0 Å². The number of aryl methyl sites for hydroxylation is 2. The molecule has 0 aliphatic heterocycles. The van der Waals surface area contributed by atoms with Gasteiger partial charge in [-0.3, -0.25) is 24.0 Å². The van der Waals surface area contributed by atoms with Crippen molar-refractivity contribution in [3.05, 3.63) is 93.5 Å². The lowest BCUT2D eigenvalue weighted by molar-refractivity contribution is -0.385. The molecule has 3 aromatic rings. The van der Waals surface area contributed by atoms with E-state index < -0.39 is 39.0 Å². The molecule has 0 bridgehead atoms. The standard InChI is InChI=1S/C32H40N4O7S/c1-8-28(31(38)33-32(4,5)6)34(20-24-11-9-10-22(2)18-24)30(37)21-35(25-13-15-26(43-7)16-14-25)44(41,42)27-17-12-23(3)29(19-27)36(39)40/h9-19,28H,8,20-21H2,1-7H3,(H,33,38). The molecule has 0 saturated carbocycles. The van der Waals surface area contributed by atoms with Crippen molar-refractivity contribution in [3.63, 3.8) is 0 Å². The molecule has 0 heterocycles. The predicted octanol–water partition coefficient (Wildman–Crippen LogP) is 5.14. The van der Waals surface area contributed by atoms with Crippen molar-refractivity contribution in [1.29, 1.82) is 0 Å². The molecule has 1 atom stereocenters. The number of methoxy groups -OCH3 is 1. The fraction of sp³-hybridized carbons (Fsp3) is 0.375. The van der Waals surface area contributed by atoms with Crippen LogP contribution in [0.4, 0.5) is 11.4 Å². The molecule has 3 aromatic carbocycles. The van der Waals surface area contributed by atoms with Crippen LogP contribution in [-0.2, 0) is 26.2 Å². The fourth-order valence-corrected chi connectivity index (χ4v) is 6.17. The second-order valence-corrected chi connectivity index (χ2v) is 13.5. The number of carbonyl (C=O) groups excluding carboxylic acids is 2. The second kappa shape index (κ2) is 13.9. The number of nitro benzene ring substituents is 1. The maximum absolute atomic E-state index is 14.2. The predicted molar refractivity (Wildman–Crippen MR) is 169 cm³/mol. The number of nitrogens with one attached hydrogen (secondary N) is 1. The molecule has 0 spiro atoms. The Morgan fingerprint density at radius 2 is 1.68 bits per heavy atom. The molecule has 44 heavy (non-hydrogen) atoms. The molecule has 0 radical (unpaired) electrons. The summed E-state index contributed by atoms with van der Waals surface area (Å²) in [5.41, 5.74) is 1.24. The van der Waals surface area contributed by atoms with Crippen molar-refractivity contribution in [1.82, 2.24) is 10.2 Å². The minimum Gasteiger partial charge on any atom is -0.497 e. The number of carbonyl (C=O) groups is 2. The van der Waals surface area contributed by atoms with E-state index >= 15 is 0 Å². The van der Waals surface area contributed by atoms with E-state index in [2.05, 4.69) is 5.32 Å². The first-order chi connectivity index (χ1) is 20.6. The topological polar surface area (TPSA) is 139 Å². The molecule has 12 heteroatoms. The molecule has 1 unspecified atom stereocenters. The van der Waals surface area contributed by atoms with Crippen LogP contribution in [0.15, 0.2) is 71.6 Å². The molecule has 0 aromatic heterocycles. The average molecular weight is 625 g/mol. The quantitative estimate of drug-likeness (QED) is 0.218. The number of rotatable bonds is 12. The van der Waals surface area contributed by atoms with Crippen molar-refractivity contribution in [3.8, 4) is 5.75 Å². The Labute approximate surface area is 259 Å². The smallest absolute Gasteiger partial charge is 0.273 e. The van der Waals surface area contributed by atoms with Crippen LogP contribution < -0.4 is 14.4 Å². The summed E-state index contributed by atoms with van der Waals surface area (Å²) in [6.45, 7) is 10.1. The van der Waals surface area contributed by atoms with E-state index in [1.165, 1.54) is 43.2 Å². The number of nitrogens with zero attached hydrogens (tertiary/aromatic N) is 3. The maximum Gasteiger partial charge on any atom is 0.273 e. The fourth-order valence-electron chi connectivity index (χ4n) is 4.73. The zero-order chi connectivity index (χ0) is 32.8. The van der Waals surface area contributed by atoms with Crippen molar-refractivity contribution < 1.29 is 27.7 Å².